The van der Waals surface area contributed by atoms with Gasteiger partial charge in [-0.15, -0.1) is 0 Å². The van der Waals surface area contributed by atoms with Gasteiger partial charge in [0.25, 0.3) is 0 Å². The highest BCUT2D eigenvalue weighted by Gasteiger charge is 2.29. The molecule has 5 nitrogen and oxygen atoms in total. The van der Waals surface area contributed by atoms with E-state index in [-0.39, 0.29) is 0 Å². The van der Waals surface area contributed by atoms with Crippen LogP contribution in [-0.4, -0.2) is 23.3 Å². The Morgan fingerprint density at radius 2 is 1.50 bits per heavy atom. The van der Waals surface area contributed by atoms with E-state index in [4.69, 9.17) is 15.2 Å². The Hall–Kier alpha value is -1.62. The number of hydrogen-bond donors (Lipinski definition) is 1. The average molecular weight is 255 g/mol. The van der Waals surface area contributed by atoms with E-state index in [9.17, 15) is 9.59 Å². The van der Waals surface area contributed by atoms with Gasteiger partial charge in [-0.25, -0.2) is 9.59 Å². The van der Waals surface area contributed by atoms with Crippen molar-refractivity contribution in [3.8, 4) is 0 Å². The molecule has 1 atom stereocenters. The molecule has 0 amide bonds. The second kappa shape index (κ2) is 6.35. The van der Waals surface area contributed by atoms with Crippen LogP contribution in [-0.2, 0) is 19.1 Å². The van der Waals surface area contributed by atoms with E-state index in [0.717, 1.165) is 12.2 Å². The van der Waals surface area contributed by atoms with Crippen LogP contribution in [0.5, 0.6) is 0 Å². The first kappa shape index (κ1) is 16.4. The molecular formula is C13H21NO4. The lowest BCUT2D eigenvalue weighted by atomic mass is 9.98. The summed E-state index contributed by atoms with van der Waals surface area (Å²) in [5.74, 6) is -1.08. The largest absolute Gasteiger partial charge is 0.457 e. The Morgan fingerprint density at radius 3 is 1.94 bits per heavy atom. The van der Waals surface area contributed by atoms with Crippen LogP contribution in [0.25, 0.3) is 0 Å². The molecule has 0 aromatic rings. The molecule has 0 aromatic heterocycles. The Labute approximate surface area is 108 Å². The van der Waals surface area contributed by atoms with Crippen LogP contribution < -0.4 is 5.73 Å². The van der Waals surface area contributed by atoms with Crippen molar-refractivity contribution in [1.29, 1.82) is 0 Å². The molecule has 102 valence electrons. The summed E-state index contributed by atoms with van der Waals surface area (Å²) in [6, 6.07) is 0. The zero-order valence-corrected chi connectivity index (χ0v) is 11.2. The van der Waals surface area contributed by atoms with Gasteiger partial charge in [-0.3, -0.25) is 5.73 Å². The van der Waals surface area contributed by atoms with Crippen LogP contribution in [0.4, 0.5) is 0 Å². The molecule has 0 aliphatic carbocycles. The first-order valence-electron chi connectivity index (χ1n) is 5.61. The van der Waals surface area contributed by atoms with Crippen molar-refractivity contribution in [2.45, 2.75) is 44.9 Å². The SMILES string of the molecule is C=CC(=O)OC(C)(C)CCC(C)(N)OC(=O)C=C. The molecule has 0 bridgehead atoms. The molecule has 0 saturated heterocycles. The van der Waals surface area contributed by atoms with E-state index in [2.05, 4.69) is 13.2 Å². The van der Waals surface area contributed by atoms with E-state index >= 15 is 0 Å². The molecule has 0 aromatic carbocycles. The summed E-state index contributed by atoms with van der Waals surface area (Å²) in [5.41, 5.74) is 3.99. The van der Waals surface area contributed by atoms with Crippen molar-refractivity contribution in [3.63, 3.8) is 0 Å². The summed E-state index contributed by atoms with van der Waals surface area (Å²) in [5, 5.41) is 0. The Balaban J connectivity index is 4.36. The summed E-state index contributed by atoms with van der Waals surface area (Å²) in [4.78, 5) is 22.2. The normalized spacial score (nSPS) is 14.2. The maximum absolute atomic E-state index is 11.1. The van der Waals surface area contributed by atoms with Crippen LogP contribution in [0.15, 0.2) is 25.3 Å². The van der Waals surface area contributed by atoms with Gasteiger partial charge in [0.05, 0.1) is 0 Å². The predicted octanol–water partition coefficient (Wildman–Crippen LogP) is 1.68. The minimum Gasteiger partial charge on any atom is -0.457 e. The number of rotatable bonds is 7. The van der Waals surface area contributed by atoms with Gasteiger partial charge in [0.1, 0.15) is 5.60 Å². The van der Waals surface area contributed by atoms with E-state index in [1.165, 1.54) is 0 Å². The summed E-state index contributed by atoms with van der Waals surface area (Å²) in [6.07, 6.45) is 2.95. The minimum atomic E-state index is -1.12. The third kappa shape index (κ3) is 6.85. The fourth-order valence-electron chi connectivity index (χ4n) is 1.24. The Kier molecular flexibility index (Phi) is 5.78. The van der Waals surface area contributed by atoms with Crippen molar-refractivity contribution in [2.24, 2.45) is 5.73 Å². The van der Waals surface area contributed by atoms with Crippen LogP contribution in [0.3, 0.4) is 0 Å². The number of carbonyl (C=O) groups excluding carboxylic acids is 2. The van der Waals surface area contributed by atoms with Gasteiger partial charge in [-0.05, 0) is 27.2 Å². The third-order valence-corrected chi connectivity index (χ3v) is 2.27. The highest BCUT2D eigenvalue weighted by molar-refractivity contribution is 5.81. The fraction of sp³-hybridized carbons (Fsp3) is 0.538. The van der Waals surface area contributed by atoms with Gasteiger partial charge >= 0.3 is 11.9 Å². The van der Waals surface area contributed by atoms with Crippen molar-refractivity contribution >= 4 is 11.9 Å². The Bertz CT molecular complexity index is 311. The standard InChI is InChI=1S/C13H21NO4/c1-6-10(15)17-12(3,4)8-9-13(5,14)18-11(16)7-2/h6-7H,1-2,8-9,14H2,3-5H3. The molecule has 1 unspecified atom stereocenters. The molecule has 0 radical (unpaired) electrons. The monoisotopic (exact) mass is 255 g/mol. The number of carbonyl (C=O) groups is 2. The van der Waals surface area contributed by atoms with Gasteiger partial charge in [0.2, 0.25) is 0 Å². The van der Waals surface area contributed by atoms with Crippen molar-refractivity contribution in [3.05, 3.63) is 25.3 Å². The predicted molar refractivity (Wildman–Crippen MR) is 68.5 cm³/mol. The molecule has 18 heavy (non-hydrogen) atoms. The van der Waals surface area contributed by atoms with Crippen LogP contribution in [0.2, 0.25) is 0 Å². The molecule has 0 saturated carbocycles. The lowest BCUT2D eigenvalue weighted by molar-refractivity contribution is -0.158. The molecule has 0 heterocycles. The highest BCUT2D eigenvalue weighted by atomic mass is 16.6. The van der Waals surface area contributed by atoms with E-state index in [1.807, 2.05) is 0 Å². The average Bonchev–Trinajstić information content (AvgIpc) is 2.25. The molecule has 5 heteroatoms. The maximum Gasteiger partial charge on any atom is 0.331 e. The lowest BCUT2D eigenvalue weighted by Crippen LogP contribution is -2.43. The van der Waals surface area contributed by atoms with Gasteiger partial charge in [-0.2, -0.15) is 0 Å². The lowest BCUT2D eigenvalue weighted by Gasteiger charge is -2.30. The number of ether oxygens (including phenoxy) is 2. The van der Waals surface area contributed by atoms with Crippen molar-refractivity contribution in [1.82, 2.24) is 0 Å². The highest BCUT2D eigenvalue weighted by Crippen LogP contribution is 2.22. The number of esters is 2. The second-order valence-electron chi connectivity index (χ2n) is 4.82. The summed E-state index contributed by atoms with van der Waals surface area (Å²) >= 11 is 0. The Morgan fingerprint density at radius 1 is 1.06 bits per heavy atom. The molecular weight excluding hydrogens is 234 g/mol. The topological polar surface area (TPSA) is 78.6 Å². The van der Waals surface area contributed by atoms with Crippen LogP contribution in [0.1, 0.15) is 33.6 Å². The molecule has 2 N–H and O–H groups in total. The van der Waals surface area contributed by atoms with Crippen molar-refractivity contribution in [2.75, 3.05) is 0 Å². The van der Waals surface area contributed by atoms with E-state index < -0.39 is 23.3 Å². The molecule has 0 aliphatic rings. The van der Waals surface area contributed by atoms with Crippen molar-refractivity contribution < 1.29 is 19.1 Å². The summed E-state index contributed by atoms with van der Waals surface area (Å²) < 4.78 is 10.1. The molecule has 0 aliphatic heterocycles. The first-order valence-corrected chi connectivity index (χ1v) is 5.61. The van der Waals surface area contributed by atoms with Gasteiger partial charge in [0.15, 0.2) is 5.72 Å². The van der Waals surface area contributed by atoms with Gasteiger partial charge < -0.3 is 9.47 Å². The fourth-order valence-corrected chi connectivity index (χ4v) is 1.24. The maximum atomic E-state index is 11.1. The van der Waals surface area contributed by atoms with Crippen LogP contribution in [0, 0.1) is 0 Å². The van der Waals surface area contributed by atoms with E-state index in [1.54, 1.807) is 20.8 Å². The van der Waals surface area contributed by atoms with Crippen LogP contribution >= 0.6 is 0 Å². The number of nitrogens with two attached hydrogens (primary N) is 1. The molecule has 0 rings (SSSR count). The van der Waals surface area contributed by atoms with Gasteiger partial charge in [-0.1, -0.05) is 13.2 Å². The quantitative estimate of drug-likeness (QED) is 0.425. The summed E-state index contributed by atoms with van der Waals surface area (Å²) in [7, 11) is 0. The van der Waals surface area contributed by atoms with E-state index in [0.29, 0.717) is 12.8 Å². The molecule has 0 spiro atoms. The zero-order valence-electron chi connectivity index (χ0n) is 11.2. The second-order valence-corrected chi connectivity index (χ2v) is 4.82. The summed E-state index contributed by atoms with van der Waals surface area (Å²) in [6.45, 7) is 11.7. The zero-order chi connectivity index (χ0) is 14.4. The number of hydrogen-bond acceptors (Lipinski definition) is 5. The smallest absolute Gasteiger partial charge is 0.331 e. The third-order valence-electron chi connectivity index (χ3n) is 2.27. The minimum absolute atomic E-state index is 0.351. The van der Waals surface area contributed by atoms with Gasteiger partial charge in [0, 0.05) is 18.6 Å². The molecule has 0 fully saturated rings. The first-order chi connectivity index (χ1) is 8.12.